The normalized spacial score (nSPS) is 23.1. The standard InChI is InChI=1S/C21H21F6N5OS/c1-11-6-18(34-30-11)31-8-12-2-3-13(9-31)14(12)7-17-28-19-15(33-10-20(22,23)24)4-5-16(21(25,26)27)32(19)29-17/h4-6,12-14H,2-3,7-10H2,1H3/t12-,13+,14?. The van der Waals surface area contributed by atoms with Gasteiger partial charge >= 0.3 is 12.4 Å². The predicted molar refractivity (Wildman–Crippen MR) is 112 cm³/mol. The van der Waals surface area contributed by atoms with Crippen molar-refractivity contribution in [2.75, 3.05) is 24.6 Å². The third-order valence-corrected chi connectivity index (χ3v) is 7.49. The van der Waals surface area contributed by atoms with Gasteiger partial charge in [0.25, 0.3) is 0 Å². The number of fused-ring (bicyclic) bond motifs is 3. The summed E-state index contributed by atoms with van der Waals surface area (Å²) in [6, 6.07) is 3.58. The Bertz CT molecular complexity index is 1170. The molecular weight excluding hydrogens is 484 g/mol. The van der Waals surface area contributed by atoms with E-state index in [9.17, 15) is 26.3 Å². The Morgan fingerprint density at radius 2 is 1.79 bits per heavy atom. The Morgan fingerprint density at radius 3 is 2.38 bits per heavy atom. The molecule has 1 aliphatic heterocycles. The van der Waals surface area contributed by atoms with E-state index < -0.39 is 24.7 Å². The number of nitrogens with zero attached hydrogens (tertiary/aromatic N) is 5. The summed E-state index contributed by atoms with van der Waals surface area (Å²) in [5, 5.41) is 5.17. The van der Waals surface area contributed by atoms with E-state index in [0.717, 1.165) is 42.7 Å². The minimum atomic E-state index is -4.75. The Hall–Kier alpha value is -2.57. The van der Waals surface area contributed by atoms with Gasteiger partial charge in [-0.1, -0.05) is 0 Å². The van der Waals surface area contributed by atoms with E-state index in [-0.39, 0.29) is 23.1 Å². The molecule has 0 spiro atoms. The molecule has 3 aromatic heterocycles. The molecule has 5 rings (SSSR count). The van der Waals surface area contributed by atoms with Crippen molar-refractivity contribution in [1.29, 1.82) is 0 Å². The van der Waals surface area contributed by atoms with E-state index in [2.05, 4.69) is 25.4 Å². The number of ether oxygens (including phenoxy) is 1. The van der Waals surface area contributed by atoms with Crippen LogP contribution in [0, 0.1) is 24.7 Å². The van der Waals surface area contributed by atoms with E-state index in [1.165, 1.54) is 11.5 Å². The molecule has 184 valence electrons. The van der Waals surface area contributed by atoms with Crippen LogP contribution in [0.1, 0.15) is 30.1 Å². The van der Waals surface area contributed by atoms with Gasteiger partial charge in [0, 0.05) is 19.5 Å². The molecule has 1 saturated heterocycles. The molecule has 1 saturated carbocycles. The molecule has 0 N–H and O–H groups in total. The van der Waals surface area contributed by atoms with Crippen molar-refractivity contribution in [2.45, 2.75) is 38.5 Å². The Balaban J connectivity index is 1.41. The molecule has 34 heavy (non-hydrogen) atoms. The highest BCUT2D eigenvalue weighted by Crippen LogP contribution is 2.45. The van der Waals surface area contributed by atoms with Gasteiger partial charge in [0.2, 0.25) is 0 Å². The molecule has 1 aliphatic carbocycles. The Kier molecular flexibility index (Phi) is 5.64. The van der Waals surface area contributed by atoms with Gasteiger partial charge in [-0.25, -0.2) is 9.50 Å². The number of aromatic nitrogens is 4. The van der Waals surface area contributed by atoms with Crippen LogP contribution in [0.3, 0.4) is 0 Å². The van der Waals surface area contributed by atoms with E-state index in [1.54, 1.807) is 0 Å². The lowest BCUT2D eigenvalue weighted by Gasteiger charge is -2.38. The van der Waals surface area contributed by atoms with Crippen molar-refractivity contribution < 1.29 is 31.1 Å². The van der Waals surface area contributed by atoms with Gasteiger partial charge in [-0.3, -0.25) is 0 Å². The van der Waals surface area contributed by atoms with Gasteiger partial charge in [-0.2, -0.15) is 35.8 Å². The van der Waals surface area contributed by atoms with Crippen molar-refractivity contribution in [2.24, 2.45) is 17.8 Å². The third kappa shape index (κ3) is 4.53. The predicted octanol–water partition coefficient (Wildman–Crippen LogP) is 5.16. The second kappa shape index (κ2) is 8.28. The SMILES string of the molecule is Cc1cc(N2C[C@H]3CC[C@@H](C2)C3Cc2nc3c(OCC(F)(F)F)ccc(C(F)(F)F)n3n2)sn1. The van der Waals surface area contributed by atoms with Gasteiger partial charge in [0.15, 0.2) is 23.8 Å². The van der Waals surface area contributed by atoms with Gasteiger partial charge in [0.05, 0.1) is 5.69 Å². The van der Waals surface area contributed by atoms with Crippen LogP contribution in [0.2, 0.25) is 0 Å². The number of aryl methyl sites for hydroxylation is 1. The summed E-state index contributed by atoms with van der Waals surface area (Å²) < 4.78 is 88.0. The van der Waals surface area contributed by atoms with Gasteiger partial charge in [0.1, 0.15) is 10.7 Å². The number of anilines is 1. The van der Waals surface area contributed by atoms with Crippen LogP contribution in [0.25, 0.3) is 5.65 Å². The lowest BCUT2D eigenvalue weighted by Crippen LogP contribution is -2.42. The number of pyridine rings is 1. The lowest BCUT2D eigenvalue weighted by molar-refractivity contribution is -0.153. The van der Waals surface area contributed by atoms with Crippen LogP contribution >= 0.6 is 11.5 Å². The minimum absolute atomic E-state index is 0.178. The summed E-state index contributed by atoms with van der Waals surface area (Å²) >= 11 is 1.46. The maximum atomic E-state index is 13.5. The zero-order chi connectivity index (χ0) is 24.3. The zero-order valence-corrected chi connectivity index (χ0v) is 18.8. The van der Waals surface area contributed by atoms with Crippen molar-refractivity contribution in [3.8, 4) is 5.75 Å². The number of hydrogen-bond donors (Lipinski definition) is 0. The van der Waals surface area contributed by atoms with Crippen molar-refractivity contribution in [3.63, 3.8) is 0 Å². The fourth-order valence-electron chi connectivity index (χ4n) is 5.11. The van der Waals surface area contributed by atoms with Crippen LogP contribution in [0.15, 0.2) is 18.2 Å². The fourth-order valence-corrected chi connectivity index (χ4v) is 5.89. The number of rotatable bonds is 5. The number of hydrogen-bond acceptors (Lipinski definition) is 6. The first-order valence-corrected chi connectivity index (χ1v) is 11.6. The van der Waals surface area contributed by atoms with Crippen molar-refractivity contribution in [3.05, 3.63) is 35.4 Å². The molecule has 1 unspecified atom stereocenters. The second-order valence-electron chi connectivity index (χ2n) is 8.92. The summed E-state index contributed by atoms with van der Waals surface area (Å²) in [6.45, 7) is 1.96. The van der Waals surface area contributed by atoms with E-state index in [4.69, 9.17) is 4.74 Å². The minimum Gasteiger partial charge on any atom is -0.480 e. The molecule has 2 fully saturated rings. The molecular formula is C21H21F6N5OS. The van der Waals surface area contributed by atoms with Gasteiger partial charge in [-0.05, 0) is 67.3 Å². The van der Waals surface area contributed by atoms with E-state index in [0.29, 0.717) is 28.8 Å². The molecule has 0 amide bonds. The number of alkyl halides is 6. The highest BCUT2D eigenvalue weighted by molar-refractivity contribution is 7.10. The maximum absolute atomic E-state index is 13.5. The van der Waals surface area contributed by atoms with Crippen LogP contribution in [0.4, 0.5) is 31.3 Å². The van der Waals surface area contributed by atoms with Crippen LogP contribution in [0.5, 0.6) is 5.75 Å². The van der Waals surface area contributed by atoms with Crippen LogP contribution < -0.4 is 9.64 Å². The summed E-state index contributed by atoms with van der Waals surface area (Å²) in [6.07, 6.45) is -7.01. The molecule has 2 bridgehead atoms. The summed E-state index contributed by atoms with van der Waals surface area (Å²) in [5.74, 6) is 0.642. The van der Waals surface area contributed by atoms with Crippen molar-refractivity contribution in [1.82, 2.24) is 19.0 Å². The molecule has 3 atom stereocenters. The highest BCUT2D eigenvalue weighted by atomic mass is 32.1. The monoisotopic (exact) mass is 505 g/mol. The molecule has 0 radical (unpaired) electrons. The maximum Gasteiger partial charge on any atom is 0.433 e. The fraction of sp³-hybridized carbons (Fsp3) is 0.571. The van der Waals surface area contributed by atoms with Gasteiger partial charge < -0.3 is 9.64 Å². The molecule has 3 aromatic rings. The third-order valence-electron chi connectivity index (χ3n) is 6.55. The van der Waals surface area contributed by atoms with Gasteiger partial charge in [-0.15, -0.1) is 0 Å². The largest absolute Gasteiger partial charge is 0.480 e. The average Bonchev–Trinajstić information content (AvgIpc) is 3.41. The number of piperidine rings is 1. The molecule has 4 heterocycles. The topological polar surface area (TPSA) is 55.6 Å². The summed E-state index contributed by atoms with van der Waals surface area (Å²) in [7, 11) is 0. The number of halogens is 6. The summed E-state index contributed by atoms with van der Waals surface area (Å²) in [5.41, 5.74) is -0.509. The van der Waals surface area contributed by atoms with Crippen molar-refractivity contribution >= 4 is 22.2 Å². The molecule has 13 heteroatoms. The first-order chi connectivity index (χ1) is 16.0. The zero-order valence-electron chi connectivity index (χ0n) is 18.0. The van der Waals surface area contributed by atoms with Crippen LogP contribution in [-0.2, 0) is 12.6 Å². The first kappa shape index (κ1) is 23.2. The Labute approximate surface area is 194 Å². The van der Waals surface area contributed by atoms with E-state index in [1.807, 2.05) is 6.92 Å². The quantitative estimate of drug-likeness (QED) is 0.449. The molecule has 0 aromatic carbocycles. The molecule has 6 nitrogen and oxygen atoms in total. The van der Waals surface area contributed by atoms with Crippen LogP contribution in [-0.4, -0.2) is 44.8 Å². The van der Waals surface area contributed by atoms with E-state index >= 15 is 0 Å². The lowest BCUT2D eigenvalue weighted by atomic mass is 9.82. The smallest absolute Gasteiger partial charge is 0.433 e. The highest BCUT2D eigenvalue weighted by Gasteiger charge is 2.43. The Morgan fingerprint density at radius 1 is 1.09 bits per heavy atom. The second-order valence-corrected chi connectivity index (χ2v) is 9.71. The summed E-state index contributed by atoms with van der Waals surface area (Å²) in [4.78, 5) is 6.51. The average molecular weight is 505 g/mol. The first-order valence-electron chi connectivity index (χ1n) is 10.8. The molecule has 2 aliphatic rings.